The molecular formula is C26H23N5O3S2. The van der Waals surface area contributed by atoms with Crippen LogP contribution < -0.4 is 15.4 Å². The molecule has 0 aliphatic rings. The Bertz CT molecular complexity index is 1560. The number of carbonyl (C=O) groups excluding carboxylic acids is 1. The van der Waals surface area contributed by atoms with E-state index in [4.69, 9.17) is 12.2 Å². The van der Waals surface area contributed by atoms with E-state index in [1.54, 1.807) is 38.1 Å². The van der Waals surface area contributed by atoms with Crippen molar-refractivity contribution in [3.63, 3.8) is 0 Å². The molecule has 0 saturated heterocycles. The molecular weight excluding hydrogens is 494 g/mol. The highest BCUT2D eigenvalue weighted by molar-refractivity contribution is 7.92. The van der Waals surface area contributed by atoms with Gasteiger partial charge in [-0.15, -0.1) is 0 Å². The molecule has 0 bridgehead atoms. The van der Waals surface area contributed by atoms with E-state index in [2.05, 4.69) is 25.3 Å². The molecule has 0 saturated carbocycles. The Morgan fingerprint density at radius 1 is 0.917 bits per heavy atom. The second-order valence-corrected chi connectivity index (χ2v) is 10.0. The molecule has 0 radical (unpaired) electrons. The van der Waals surface area contributed by atoms with Crippen LogP contribution in [0.25, 0.3) is 16.8 Å². The van der Waals surface area contributed by atoms with Crippen LogP contribution in [0.5, 0.6) is 0 Å². The van der Waals surface area contributed by atoms with Crippen molar-refractivity contribution in [3.05, 3.63) is 95.8 Å². The van der Waals surface area contributed by atoms with Gasteiger partial charge in [0, 0.05) is 23.2 Å². The topological polar surface area (TPSA) is 113 Å². The van der Waals surface area contributed by atoms with E-state index >= 15 is 0 Å². The number of aryl methyl sites for hydroxylation is 2. The third kappa shape index (κ3) is 6.29. The lowest BCUT2D eigenvalue weighted by Gasteiger charge is -2.10. The van der Waals surface area contributed by atoms with Gasteiger partial charge in [0.05, 0.1) is 4.90 Å². The number of aromatic nitrogens is 2. The number of thiocarbonyl (C=S) groups is 1. The van der Waals surface area contributed by atoms with Gasteiger partial charge in [0.2, 0.25) is 11.9 Å². The Hall–Kier alpha value is -4.15. The average molecular weight is 518 g/mol. The van der Waals surface area contributed by atoms with Gasteiger partial charge in [0.1, 0.15) is 0 Å². The first-order chi connectivity index (χ1) is 17.2. The van der Waals surface area contributed by atoms with Crippen molar-refractivity contribution in [1.29, 1.82) is 0 Å². The predicted molar refractivity (Wildman–Crippen MR) is 146 cm³/mol. The number of hydrogen-bond donors (Lipinski definition) is 3. The van der Waals surface area contributed by atoms with Gasteiger partial charge in [0.15, 0.2) is 5.11 Å². The van der Waals surface area contributed by atoms with E-state index in [0.29, 0.717) is 17.1 Å². The molecule has 4 aromatic rings. The van der Waals surface area contributed by atoms with Crippen LogP contribution in [0.15, 0.2) is 83.8 Å². The van der Waals surface area contributed by atoms with Crippen LogP contribution in [0.4, 0.5) is 11.6 Å². The summed E-state index contributed by atoms with van der Waals surface area (Å²) in [6, 6.07) is 21.4. The lowest BCUT2D eigenvalue weighted by Crippen LogP contribution is -2.32. The second-order valence-electron chi connectivity index (χ2n) is 7.95. The van der Waals surface area contributed by atoms with Crippen molar-refractivity contribution in [1.82, 2.24) is 15.3 Å². The van der Waals surface area contributed by atoms with Crippen molar-refractivity contribution in [3.8, 4) is 0 Å². The summed E-state index contributed by atoms with van der Waals surface area (Å²) in [6.45, 7) is 3.52. The molecule has 1 heterocycles. The molecule has 0 spiro atoms. The van der Waals surface area contributed by atoms with E-state index in [0.717, 1.165) is 16.3 Å². The molecule has 0 aliphatic heterocycles. The predicted octanol–water partition coefficient (Wildman–Crippen LogP) is 4.57. The molecule has 8 nitrogen and oxygen atoms in total. The maximum absolute atomic E-state index is 12.7. The number of anilines is 2. The monoisotopic (exact) mass is 517 g/mol. The Morgan fingerprint density at radius 2 is 1.58 bits per heavy atom. The summed E-state index contributed by atoms with van der Waals surface area (Å²) in [5.74, 6) is -0.382. The first-order valence-corrected chi connectivity index (χ1v) is 12.8. The summed E-state index contributed by atoms with van der Waals surface area (Å²) in [6.07, 6.45) is 3.14. The molecule has 1 aromatic heterocycles. The van der Waals surface area contributed by atoms with Gasteiger partial charge in [-0.05, 0) is 78.8 Å². The molecule has 4 rings (SSSR count). The van der Waals surface area contributed by atoms with E-state index in [1.165, 1.54) is 18.2 Å². The fraction of sp³-hybridized carbons (Fsp3) is 0.0769. The summed E-state index contributed by atoms with van der Waals surface area (Å²) in [5.41, 5.74) is 2.74. The molecule has 10 heteroatoms. The zero-order valence-corrected chi connectivity index (χ0v) is 21.2. The minimum atomic E-state index is -3.88. The summed E-state index contributed by atoms with van der Waals surface area (Å²) >= 11 is 5.21. The fourth-order valence-electron chi connectivity index (χ4n) is 3.55. The van der Waals surface area contributed by atoms with Crippen LogP contribution in [0.2, 0.25) is 0 Å². The highest BCUT2D eigenvalue weighted by atomic mass is 32.2. The lowest BCUT2D eigenvalue weighted by atomic mass is 10.0. The number of benzene rings is 3. The summed E-state index contributed by atoms with van der Waals surface area (Å²) < 4.78 is 27.7. The van der Waals surface area contributed by atoms with Crippen LogP contribution in [-0.4, -0.2) is 29.4 Å². The first kappa shape index (κ1) is 25.0. The number of fused-ring (bicyclic) bond motifs is 1. The van der Waals surface area contributed by atoms with Crippen molar-refractivity contribution >= 4 is 61.7 Å². The largest absolute Gasteiger partial charge is 0.332 e. The van der Waals surface area contributed by atoms with Crippen molar-refractivity contribution in [2.24, 2.45) is 0 Å². The van der Waals surface area contributed by atoms with E-state index in [-0.39, 0.29) is 16.0 Å². The van der Waals surface area contributed by atoms with Crippen LogP contribution in [-0.2, 0) is 14.8 Å². The van der Waals surface area contributed by atoms with Gasteiger partial charge in [-0.25, -0.2) is 23.1 Å². The maximum Gasteiger partial charge on any atom is 0.264 e. The number of carbonyl (C=O) groups is 1. The molecule has 3 aromatic carbocycles. The fourth-order valence-corrected chi connectivity index (χ4v) is 4.71. The van der Waals surface area contributed by atoms with Crippen molar-refractivity contribution < 1.29 is 13.2 Å². The standard InChI is InChI=1S/C26H23N5O3S2/c1-17-16-18(2)28-25(27-17)31-36(33,34)22-13-11-21(12-14-22)29-26(35)30-24(32)15-10-20-8-5-7-19-6-3-4-9-23(19)20/h3-16H,1-2H3,(H,27,28,31)(H2,29,30,32,35)/b15-10+. The number of nitrogens with zero attached hydrogens (tertiary/aromatic N) is 2. The smallest absolute Gasteiger partial charge is 0.264 e. The van der Waals surface area contributed by atoms with E-state index in [9.17, 15) is 13.2 Å². The Labute approximate surface area is 214 Å². The zero-order chi connectivity index (χ0) is 25.7. The molecule has 0 unspecified atom stereocenters. The minimum absolute atomic E-state index is 0.00940. The SMILES string of the molecule is Cc1cc(C)nc(NS(=O)(=O)c2ccc(NC(=S)NC(=O)/C=C/c3cccc4ccccc34)cc2)n1. The van der Waals surface area contributed by atoms with Gasteiger partial charge in [-0.3, -0.25) is 10.1 Å². The molecule has 0 fully saturated rings. The third-order valence-corrected chi connectivity index (χ3v) is 6.65. The molecule has 1 amide bonds. The molecule has 3 N–H and O–H groups in total. The van der Waals surface area contributed by atoms with Gasteiger partial charge in [-0.1, -0.05) is 42.5 Å². The quantitative estimate of drug-likeness (QED) is 0.254. The van der Waals surface area contributed by atoms with E-state index < -0.39 is 15.9 Å². The van der Waals surface area contributed by atoms with Crippen LogP contribution in [0, 0.1) is 13.8 Å². The van der Waals surface area contributed by atoms with Gasteiger partial charge < -0.3 is 5.32 Å². The summed E-state index contributed by atoms with van der Waals surface area (Å²) in [5, 5.41) is 7.66. The number of hydrogen-bond acceptors (Lipinski definition) is 6. The van der Waals surface area contributed by atoms with Crippen LogP contribution >= 0.6 is 12.2 Å². The van der Waals surface area contributed by atoms with Gasteiger partial charge >= 0.3 is 0 Å². The Morgan fingerprint density at radius 3 is 2.31 bits per heavy atom. The number of amides is 1. The second kappa shape index (κ2) is 10.6. The normalized spacial score (nSPS) is 11.4. The van der Waals surface area contributed by atoms with Gasteiger partial charge in [0.25, 0.3) is 10.0 Å². The third-order valence-electron chi connectivity index (χ3n) is 5.10. The molecule has 36 heavy (non-hydrogen) atoms. The van der Waals surface area contributed by atoms with Crippen LogP contribution in [0.1, 0.15) is 17.0 Å². The minimum Gasteiger partial charge on any atom is -0.332 e. The van der Waals surface area contributed by atoms with Crippen molar-refractivity contribution in [2.45, 2.75) is 18.7 Å². The highest BCUT2D eigenvalue weighted by Gasteiger charge is 2.16. The number of nitrogens with one attached hydrogen (secondary N) is 3. The maximum atomic E-state index is 12.7. The van der Waals surface area contributed by atoms with Crippen LogP contribution in [0.3, 0.4) is 0 Å². The first-order valence-electron chi connectivity index (χ1n) is 10.9. The average Bonchev–Trinajstić information content (AvgIpc) is 2.82. The molecule has 0 aliphatic carbocycles. The molecule has 0 atom stereocenters. The van der Waals surface area contributed by atoms with E-state index in [1.807, 2.05) is 42.5 Å². The van der Waals surface area contributed by atoms with Gasteiger partial charge in [-0.2, -0.15) is 0 Å². The highest BCUT2D eigenvalue weighted by Crippen LogP contribution is 2.20. The molecule has 182 valence electrons. The summed E-state index contributed by atoms with van der Waals surface area (Å²) in [4.78, 5) is 20.6. The zero-order valence-electron chi connectivity index (χ0n) is 19.5. The number of sulfonamides is 1. The Balaban J connectivity index is 1.36. The summed E-state index contributed by atoms with van der Waals surface area (Å²) in [7, 11) is -3.88. The Kier molecular flexibility index (Phi) is 7.37. The number of rotatable bonds is 6. The van der Waals surface area contributed by atoms with Crippen molar-refractivity contribution in [2.75, 3.05) is 10.0 Å². The lowest BCUT2D eigenvalue weighted by molar-refractivity contribution is -0.115.